The third-order valence-corrected chi connectivity index (χ3v) is 8.91. The number of likely N-dealkylation sites (tertiary alicyclic amines) is 2. The van der Waals surface area contributed by atoms with Gasteiger partial charge in [-0.15, -0.1) is 0 Å². The Hall–Kier alpha value is 0.01000. The van der Waals surface area contributed by atoms with Crippen LogP contribution in [0.5, 0.6) is 0 Å². The van der Waals surface area contributed by atoms with Crippen LogP contribution < -0.4 is 0 Å². The quantitative estimate of drug-likeness (QED) is 0.707. The Morgan fingerprint density at radius 2 is 1.85 bits per heavy atom. The van der Waals surface area contributed by atoms with Crippen molar-refractivity contribution in [3.8, 4) is 0 Å². The van der Waals surface area contributed by atoms with Crippen molar-refractivity contribution in [2.45, 2.75) is 6.04 Å². The van der Waals surface area contributed by atoms with Crippen molar-refractivity contribution in [3.63, 3.8) is 0 Å². The zero-order valence-corrected chi connectivity index (χ0v) is 17.1. The van der Waals surface area contributed by atoms with E-state index in [4.69, 9.17) is 4.74 Å². The molecule has 1 amide bonds. The molecule has 4 fully saturated rings. The molecule has 0 aromatic heterocycles. The van der Waals surface area contributed by atoms with Crippen LogP contribution in [0.15, 0.2) is 0 Å². The van der Waals surface area contributed by atoms with Crippen molar-refractivity contribution in [1.82, 2.24) is 14.7 Å². The molecule has 6 nitrogen and oxygen atoms in total. The van der Waals surface area contributed by atoms with Crippen LogP contribution in [0.4, 0.5) is 0 Å². The third-order valence-electron chi connectivity index (χ3n) is 6.42. The van der Waals surface area contributed by atoms with E-state index in [1.165, 1.54) is 23.0 Å². The molecular weight excluding hydrogens is 370 g/mol. The number of ether oxygens (including phenoxy) is 1. The highest BCUT2D eigenvalue weighted by atomic mass is 32.2. The molecule has 0 spiro atoms. The van der Waals surface area contributed by atoms with Crippen molar-refractivity contribution in [1.29, 1.82) is 0 Å². The molecule has 1 N–H and O–H groups in total. The van der Waals surface area contributed by atoms with Gasteiger partial charge in [0.05, 0.1) is 26.4 Å². The van der Waals surface area contributed by atoms with Gasteiger partial charge >= 0.3 is 0 Å². The van der Waals surface area contributed by atoms with Gasteiger partial charge in [0.1, 0.15) is 0 Å². The van der Waals surface area contributed by atoms with Crippen LogP contribution >= 0.6 is 23.5 Å². The zero-order valence-electron chi connectivity index (χ0n) is 15.5. The van der Waals surface area contributed by atoms with Crippen molar-refractivity contribution in [3.05, 3.63) is 0 Å². The van der Waals surface area contributed by atoms with E-state index in [-0.39, 0.29) is 17.9 Å². The number of fused-ring (bicyclic) bond motifs is 1. The van der Waals surface area contributed by atoms with Crippen LogP contribution in [0, 0.1) is 11.3 Å². The second-order valence-electron chi connectivity index (χ2n) is 8.11. The lowest BCUT2D eigenvalue weighted by Gasteiger charge is -2.32. The SMILES string of the molecule is O=C(CN1CCOCC1)N1CC2CN(C3CSCCSC3)CC2(CO)C1. The lowest BCUT2D eigenvalue weighted by molar-refractivity contribution is -0.133. The number of aliphatic hydroxyl groups is 1. The van der Waals surface area contributed by atoms with Gasteiger partial charge in [0.15, 0.2) is 0 Å². The number of carbonyl (C=O) groups excluding carboxylic acids is 1. The fourth-order valence-corrected chi connectivity index (χ4v) is 7.41. The summed E-state index contributed by atoms with van der Waals surface area (Å²) in [7, 11) is 0. The summed E-state index contributed by atoms with van der Waals surface area (Å²) in [5.74, 6) is 5.57. The maximum absolute atomic E-state index is 12.8. The van der Waals surface area contributed by atoms with E-state index in [0.717, 1.165) is 52.5 Å². The molecule has 4 aliphatic rings. The van der Waals surface area contributed by atoms with Crippen molar-refractivity contribution in [2.24, 2.45) is 11.3 Å². The number of morpholine rings is 1. The fraction of sp³-hybridized carbons (Fsp3) is 0.944. The van der Waals surface area contributed by atoms with E-state index in [0.29, 0.717) is 18.5 Å². The Morgan fingerprint density at radius 1 is 1.12 bits per heavy atom. The molecule has 8 heteroatoms. The number of rotatable bonds is 4. The van der Waals surface area contributed by atoms with Gasteiger partial charge in [0.25, 0.3) is 0 Å². The summed E-state index contributed by atoms with van der Waals surface area (Å²) >= 11 is 4.13. The molecule has 26 heavy (non-hydrogen) atoms. The Bertz CT molecular complexity index is 498. The van der Waals surface area contributed by atoms with E-state index in [1.807, 2.05) is 4.90 Å². The van der Waals surface area contributed by atoms with Gasteiger partial charge in [-0.3, -0.25) is 14.6 Å². The topological polar surface area (TPSA) is 56.2 Å². The van der Waals surface area contributed by atoms with Gasteiger partial charge in [-0.25, -0.2) is 0 Å². The minimum atomic E-state index is -0.109. The predicted octanol–water partition coefficient (Wildman–Crippen LogP) is -0.0801. The maximum atomic E-state index is 12.8. The number of thioether (sulfide) groups is 2. The van der Waals surface area contributed by atoms with E-state index < -0.39 is 0 Å². The van der Waals surface area contributed by atoms with Gasteiger partial charge in [-0.05, 0) is 5.92 Å². The van der Waals surface area contributed by atoms with Crippen LogP contribution in [0.25, 0.3) is 0 Å². The Labute approximate surface area is 165 Å². The number of carbonyl (C=O) groups is 1. The molecule has 0 bridgehead atoms. The largest absolute Gasteiger partial charge is 0.396 e. The van der Waals surface area contributed by atoms with E-state index >= 15 is 0 Å². The smallest absolute Gasteiger partial charge is 0.236 e. The third kappa shape index (κ3) is 4.05. The second kappa shape index (κ2) is 8.57. The number of nitrogens with zero attached hydrogens (tertiary/aromatic N) is 3. The van der Waals surface area contributed by atoms with Gasteiger partial charge in [-0.1, -0.05) is 0 Å². The molecule has 0 saturated carbocycles. The van der Waals surface area contributed by atoms with E-state index in [9.17, 15) is 9.90 Å². The Morgan fingerprint density at radius 3 is 2.50 bits per heavy atom. The monoisotopic (exact) mass is 401 g/mol. The summed E-state index contributed by atoms with van der Waals surface area (Å²) in [6.07, 6.45) is 0. The first-order chi connectivity index (χ1) is 12.7. The first-order valence-corrected chi connectivity index (χ1v) is 12.1. The maximum Gasteiger partial charge on any atom is 0.236 e. The molecule has 0 aliphatic carbocycles. The van der Waals surface area contributed by atoms with Crippen LogP contribution in [-0.4, -0.2) is 120 Å². The molecule has 2 atom stereocenters. The van der Waals surface area contributed by atoms with Gasteiger partial charge in [-0.2, -0.15) is 23.5 Å². The van der Waals surface area contributed by atoms with Gasteiger partial charge in [0.2, 0.25) is 5.91 Å². The van der Waals surface area contributed by atoms with Crippen LogP contribution in [0.1, 0.15) is 0 Å². The lowest BCUT2D eigenvalue weighted by Crippen LogP contribution is -2.47. The molecule has 0 aromatic carbocycles. The minimum absolute atomic E-state index is 0.109. The van der Waals surface area contributed by atoms with Crippen molar-refractivity contribution in [2.75, 3.05) is 88.6 Å². The molecule has 148 valence electrons. The van der Waals surface area contributed by atoms with Crippen LogP contribution in [-0.2, 0) is 9.53 Å². The predicted molar refractivity (Wildman–Crippen MR) is 107 cm³/mol. The van der Waals surface area contributed by atoms with Crippen molar-refractivity contribution < 1.29 is 14.6 Å². The normalized spacial score (nSPS) is 34.8. The molecule has 4 aliphatic heterocycles. The molecule has 0 radical (unpaired) electrons. The number of aliphatic hydroxyl groups excluding tert-OH is 1. The van der Waals surface area contributed by atoms with Crippen LogP contribution in [0.2, 0.25) is 0 Å². The summed E-state index contributed by atoms with van der Waals surface area (Å²) < 4.78 is 5.37. The minimum Gasteiger partial charge on any atom is -0.396 e. The molecule has 4 rings (SSSR count). The first kappa shape index (κ1) is 19.3. The van der Waals surface area contributed by atoms with Gasteiger partial charge in [0, 0.05) is 73.7 Å². The number of amides is 1. The summed E-state index contributed by atoms with van der Waals surface area (Å²) in [6.45, 7) is 7.35. The molecule has 0 aromatic rings. The fourth-order valence-electron chi connectivity index (χ4n) is 4.78. The summed E-state index contributed by atoms with van der Waals surface area (Å²) in [5.41, 5.74) is -0.109. The summed E-state index contributed by atoms with van der Waals surface area (Å²) in [5, 5.41) is 10.2. The highest BCUT2D eigenvalue weighted by Gasteiger charge is 2.54. The standard InChI is InChI=1S/C18H31N3O3S2/c22-14-18-12-20(16-10-25-5-6-26-11-16)7-15(18)8-21(13-18)17(23)9-19-1-3-24-4-2-19/h15-16,22H,1-14H2. The Kier molecular flexibility index (Phi) is 6.37. The molecular formula is C18H31N3O3S2. The van der Waals surface area contributed by atoms with E-state index in [2.05, 4.69) is 33.3 Å². The number of hydrogen-bond acceptors (Lipinski definition) is 7. The zero-order chi connectivity index (χ0) is 18.0. The van der Waals surface area contributed by atoms with Gasteiger partial charge < -0.3 is 14.7 Å². The molecule has 2 unspecified atom stereocenters. The molecule has 4 saturated heterocycles. The Balaban J connectivity index is 1.35. The van der Waals surface area contributed by atoms with Crippen LogP contribution in [0.3, 0.4) is 0 Å². The second-order valence-corrected chi connectivity index (χ2v) is 10.4. The van der Waals surface area contributed by atoms with Crippen molar-refractivity contribution >= 4 is 29.4 Å². The summed E-state index contributed by atoms with van der Waals surface area (Å²) in [6, 6.07) is 0.624. The highest BCUT2D eigenvalue weighted by molar-refractivity contribution is 8.03. The van der Waals surface area contributed by atoms with E-state index in [1.54, 1.807) is 0 Å². The average molecular weight is 402 g/mol. The first-order valence-electron chi connectivity index (χ1n) is 9.78. The number of hydrogen-bond donors (Lipinski definition) is 1. The average Bonchev–Trinajstić information content (AvgIpc) is 3.04. The summed E-state index contributed by atoms with van der Waals surface area (Å²) in [4.78, 5) is 19.6. The lowest BCUT2D eigenvalue weighted by atomic mass is 9.82. The molecule has 4 heterocycles. The highest BCUT2D eigenvalue weighted by Crippen LogP contribution is 2.43.